The van der Waals surface area contributed by atoms with E-state index in [4.69, 9.17) is 14.2 Å². The van der Waals surface area contributed by atoms with E-state index >= 15 is 0 Å². The van der Waals surface area contributed by atoms with Crippen LogP contribution in [0.5, 0.6) is 11.5 Å². The van der Waals surface area contributed by atoms with Gasteiger partial charge in [-0.2, -0.15) is 0 Å². The van der Waals surface area contributed by atoms with Crippen molar-refractivity contribution in [3.63, 3.8) is 0 Å². The molecule has 0 bridgehead atoms. The molecule has 184 valence electrons. The molecule has 0 aromatic heterocycles. The third-order valence-corrected chi connectivity index (χ3v) is 6.72. The lowest BCUT2D eigenvalue weighted by atomic mass is 9.89. The summed E-state index contributed by atoms with van der Waals surface area (Å²) in [4.78, 5) is 28.0. The van der Waals surface area contributed by atoms with Crippen LogP contribution < -0.4 is 14.8 Å². The number of ether oxygens (including phenoxy) is 3. The first-order valence-electron chi connectivity index (χ1n) is 12.1. The fourth-order valence-electron chi connectivity index (χ4n) is 4.96. The fraction of sp³-hybridized carbons (Fsp3) is 0.407. The van der Waals surface area contributed by atoms with Crippen LogP contribution >= 0.6 is 0 Å². The standard InChI is InChI=1S/C27H29FN2O5/c1-17(19-9-10-23-24(15-19)34-12-11-33-23)29-26(31)16-30-21-7-2-3-8-22(21)35-25(27(30)32)14-18-5-4-6-20(28)13-18/h4-6,9-10,13-15,17,21-22H,2-3,7-8,11-12,16H2,1H3,(H,29,31)/b25-14+. The summed E-state index contributed by atoms with van der Waals surface area (Å²) in [5, 5.41) is 3.00. The minimum Gasteiger partial charge on any atom is -0.486 e. The zero-order chi connectivity index (χ0) is 24.4. The highest BCUT2D eigenvalue weighted by molar-refractivity contribution is 5.98. The van der Waals surface area contributed by atoms with Gasteiger partial charge in [0.05, 0.1) is 12.1 Å². The number of carbonyl (C=O) groups excluding carboxylic acids is 2. The number of nitrogens with one attached hydrogen (secondary N) is 1. The Hall–Kier alpha value is -3.55. The average molecular weight is 481 g/mol. The second-order valence-corrected chi connectivity index (χ2v) is 9.20. The molecule has 3 unspecified atom stereocenters. The number of amides is 2. The maximum Gasteiger partial charge on any atom is 0.289 e. The predicted octanol–water partition coefficient (Wildman–Crippen LogP) is 3.99. The number of rotatable bonds is 5. The summed E-state index contributed by atoms with van der Waals surface area (Å²) in [6.45, 7) is 2.83. The summed E-state index contributed by atoms with van der Waals surface area (Å²) in [5.74, 6) is 0.513. The lowest BCUT2D eigenvalue weighted by Gasteiger charge is -2.44. The van der Waals surface area contributed by atoms with Crippen LogP contribution in [0.1, 0.15) is 49.8 Å². The van der Waals surface area contributed by atoms with E-state index in [1.165, 1.54) is 12.1 Å². The van der Waals surface area contributed by atoms with Crippen LogP contribution in [0.3, 0.4) is 0 Å². The van der Waals surface area contributed by atoms with E-state index in [0.717, 1.165) is 31.2 Å². The zero-order valence-corrected chi connectivity index (χ0v) is 19.7. The molecule has 8 heteroatoms. The van der Waals surface area contributed by atoms with E-state index in [-0.39, 0.29) is 48.1 Å². The van der Waals surface area contributed by atoms with E-state index in [0.29, 0.717) is 30.3 Å². The van der Waals surface area contributed by atoms with Gasteiger partial charge in [0.2, 0.25) is 5.91 Å². The van der Waals surface area contributed by atoms with Gasteiger partial charge in [0, 0.05) is 0 Å². The average Bonchev–Trinajstić information content (AvgIpc) is 2.86. The van der Waals surface area contributed by atoms with Gasteiger partial charge in [0.15, 0.2) is 17.3 Å². The van der Waals surface area contributed by atoms with Crippen LogP contribution in [0.4, 0.5) is 4.39 Å². The van der Waals surface area contributed by atoms with Gasteiger partial charge in [0.25, 0.3) is 5.91 Å². The van der Waals surface area contributed by atoms with Crippen molar-refractivity contribution in [2.75, 3.05) is 19.8 Å². The highest BCUT2D eigenvalue weighted by Gasteiger charge is 2.42. The maximum absolute atomic E-state index is 13.7. The molecule has 2 aliphatic heterocycles. The SMILES string of the molecule is CC(NC(=O)CN1C(=O)/C(=C\c2cccc(F)c2)OC2CCCCC21)c1ccc2c(c1)OCCO2. The Morgan fingerprint density at radius 3 is 2.77 bits per heavy atom. The minimum atomic E-state index is -0.387. The summed E-state index contributed by atoms with van der Waals surface area (Å²) < 4.78 is 30.9. The Bertz CT molecular complexity index is 1150. The molecule has 2 aromatic rings. The van der Waals surface area contributed by atoms with Crippen LogP contribution in [0.25, 0.3) is 6.08 Å². The molecule has 2 amide bonds. The summed E-state index contributed by atoms with van der Waals surface area (Å²) in [5.41, 5.74) is 1.43. The molecule has 1 aliphatic carbocycles. The van der Waals surface area contributed by atoms with Crippen molar-refractivity contribution in [2.24, 2.45) is 0 Å². The van der Waals surface area contributed by atoms with Crippen molar-refractivity contribution in [3.8, 4) is 11.5 Å². The van der Waals surface area contributed by atoms with Gasteiger partial charge in [-0.25, -0.2) is 4.39 Å². The number of hydrogen-bond acceptors (Lipinski definition) is 5. The molecule has 2 fully saturated rings. The first-order valence-corrected chi connectivity index (χ1v) is 12.1. The molecule has 2 aromatic carbocycles. The smallest absolute Gasteiger partial charge is 0.289 e. The predicted molar refractivity (Wildman–Crippen MR) is 127 cm³/mol. The van der Waals surface area contributed by atoms with Crippen LogP contribution in [-0.2, 0) is 14.3 Å². The van der Waals surface area contributed by atoms with E-state index in [9.17, 15) is 14.0 Å². The zero-order valence-electron chi connectivity index (χ0n) is 19.7. The number of carbonyl (C=O) groups is 2. The van der Waals surface area contributed by atoms with E-state index in [2.05, 4.69) is 5.32 Å². The molecule has 5 rings (SSSR count). The number of hydrogen-bond donors (Lipinski definition) is 1. The van der Waals surface area contributed by atoms with Crippen molar-refractivity contribution < 1.29 is 28.2 Å². The third kappa shape index (κ3) is 5.11. The van der Waals surface area contributed by atoms with Crippen LogP contribution in [-0.4, -0.2) is 48.6 Å². The van der Waals surface area contributed by atoms with Gasteiger partial charge >= 0.3 is 0 Å². The second kappa shape index (κ2) is 9.98. The Morgan fingerprint density at radius 1 is 1.14 bits per heavy atom. The van der Waals surface area contributed by atoms with Crippen LogP contribution in [0.15, 0.2) is 48.2 Å². The first-order chi connectivity index (χ1) is 17.0. The van der Waals surface area contributed by atoms with E-state index in [1.807, 2.05) is 25.1 Å². The summed E-state index contributed by atoms with van der Waals surface area (Å²) >= 11 is 0. The Balaban J connectivity index is 1.31. The minimum absolute atomic E-state index is 0.0707. The Labute approximate surface area is 203 Å². The molecule has 7 nitrogen and oxygen atoms in total. The van der Waals surface area contributed by atoms with Crippen molar-refractivity contribution in [1.29, 1.82) is 0 Å². The molecule has 3 aliphatic rings. The lowest BCUT2D eigenvalue weighted by Crippen LogP contribution is -2.57. The molecule has 0 spiro atoms. The highest BCUT2D eigenvalue weighted by Crippen LogP contribution is 2.34. The topological polar surface area (TPSA) is 77.1 Å². The molecule has 1 N–H and O–H groups in total. The molecule has 1 saturated carbocycles. The maximum atomic E-state index is 13.7. The van der Waals surface area contributed by atoms with Gasteiger partial charge in [-0.15, -0.1) is 0 Å². The van der Waals surface area contributed by atoms with Gasteiger partial charge in [0.1, 0.15) is 31.7 Å². The van der Waals surface area contributed by atoms with Crippen molar-refractivity contribution in [3.05, 3.63) is 65.2 Å². The number of benzene rings is 2. The normalized spacial score (nSPS) is 23.3. The van der Waals surface area contributed by atoms with Crippen LogP contribution in [0.2, 0.25) is 0 Å². The van der Waals surface area contributed by atoms with E-state index < -0.39 is 0 Å². The molecule has 1 saturated heterocycles. The number of fused-ring (bicyclic) bond motifs is 2. The van der Waals surface area contributed by atoms with Gasteiger partial charge < -0.3 is 24.4 Å². The molecule has 0 radical (unpaired) electrons. The molecule has 2 heterocycles. The monoisotopic (exact) mass is 480 g/mol. The molecular formula is C27H29FN2O5. The second-order valence-electron chi connectivity index (χ2n) is 9.20. The number of halogens is 1. The van der Waals surface area contributed by atoms with Crippen molar-refractivity contribution in [2.45, 2.75) is 50.8 Å². The number of nitrogens with zero attached hydrogens (tertiary/aromatic N) is 1. The number of morpholine rings is 1. The van der Waals surface area contributed by atoms with Gasteiger partial charge in [-0.1, -0.05) is 24.6 Å². The Morgan fingerprint density at radius 2 is 1.94 bits per heavy atom. The fourth-order valence-corrected chi connectivity index (χ4v) is 4.96. The van der Waals surface area contributed by atoms with Crippen molar-refractivity contribution >= 4 is 17.9 Å². The van der Waals surface area contributed by atoms with E-state index in [1.54, 1.807) is 23.1 Å². The third-order valence-electron chi connectivity index (χ3n) is 6.72. The van der Waals surface area contributed by atoms with Gasteiger partial charge in [-0.05, 0) is 67.7 Å². The largest absolute Gasteiger partial charge is 0.486 e. The highest BCUT2D eigenvalue weighted by atomic mass is 19.1. The molecule has 3 atom stereocenters. The van der Waals surface area contributed by atoms with Crippen LogP contribution in [0, 0.1) is 5.82 Å². The summed E-state index contributed by atoms with van der Waals surface area (Å²) in [7, 11) is 0. The van der Waals surface area contributed by atoms with Gasteiger partial charge in [-0.3, -0.25) is 9.59 Å². The lowest BCUT2D eigenvalue weighted by molar-refractivity contribution is -0.152. The quantitative estimate of drug-likeness (QED) is 0.655. The summed E-state index contributed by atoms with van der Waals surface area (Å²) in [6.07, 6.45) is 4.96. The first kappa shape index (κ1) is 23.2. The molecule has 35 heavy (non-hydrogen) atoms. The summed E-state index contributed by atoms with van der Waals surface area (Å²) in [6, 6.07) is 11.2. The van der Waals surface area contributed by atoms with Crippen molar-refractivity contribution in [1.82, 2.24) is 10.2 Å². The Kier molecular flexibility index (Phi) is 6.61. The molecular weight excluding hydrogens is 451 g/mol.